The Labute approximate surface area is 264 Å². The molecule has 2 heterocycles. The van der Waals surface area contributed by atoms with Gasteiger partial charge in [0.1, 0.15) is 6.04 Å². The molecule has 2 aliphatic heterocycles. The van der Waals surface area contributed by atoms with Gasteiger partial charge >= 0.3 is 11.9 Å². The Balaban J connectivity index is 1.46. The fourth-order valence-corrected chi connectivity index (χ4v) is 5.79. The number of amides is 2. The quantitative estimate of drug-likeness (QED) is 0.263. The molecule has 44 heavy (non-hydrogen) atoms. The molecule has 0 radical (unpaired) electrons. The zero-order valence-corrected chi connectivity index (χ0v) is 26.4. The van der Waals surface area contributed by atoms with Crippen LogP contribution in [0.1, 0.15) is 54.3 Å². The van der Waals surface area contributed by atoms with Gasteiger partial charge in [0.25, 0.3) is 5.91 Å². The summed E-state index contributed by atoms with van der Waals surface area (Å²) >= 11 is 5.81. The highest BCUT2D eigenvalue weighted by Crippen LogP contribution is 2.28. The minimum Gasteiger partial charge on any atom is -0.462 e. The highest BCUT2D eigenvalue weighted by Gasteiger charge is 2.44. The van der Waals surface area contributed by atoms with Crippen LogP contribution in [-0.2, 0) is 19.1 Å². The van der Waals surface area contributed by atoms with Crippen LogP contribution in [0.2, 0.25) is 0 Å². The predicted molar refractivity (Wildman–Crippen MR) is 172 cm³/mol. The topological polar surface area (TPSA) is 112 Å². The Bertz CT molecular complexity index is 1330. The van der Waals surface area contributed by atoms with Gasteiger partial charge in [-0.1, -0.05) is 6.92 Å². The third-order valence-electron chi connectivity index (χ3n) is 7.80. The first-order valence-electron chi connectivity index (χ1n) is 15.2. The molecule has 1 atom stereocenters. The molecular weight excluding hydrogens is 582 g/mol. The number of carbonyl (C=O) groups is 4. The lowest BCUT2D eigenvalue weighted by atomic mass is 10.1. The zero-order chi connectivity index (χ0) is 31.6. The zero-order valence-electron chi connectivity index (χ0n) is 25.6. The maximum absolute atomic E-state index is 13.8. The van der Waals surface area contributed by atoms with E-state index in [1.807, 2.05) is 4.90 Å². The summed E-state index contributed by atoms with van der Waals surface area (Å²) in [5.41, 5.74) is 1.78. The number of rotatable bonds is 13. The van der Waals surface area contributed by atoms with Crippen molar-refractivity contribution in [3.8, 4) is 0 Å². The largest absolute Gasteiger partial charge is 0.462 e. The summed E-state index contributed by atoms with van der Waals surface area (Å²) < 4.78 is 10.1. The lowest BCUT2D eigenvalue weighted by Crippen LogP contribution is -2.47. The number of carbonyl (C=O) groups excluding carboxylic acids is 4. The number of hydrogen-bond donors (Lipinski definition) is 1. The van der Waals surface area contributed by atoms with E-state index in [0.29, 0.717) is 34.2 Å². The molecule has 0 aliphatic carbocycles. The highest BCUT2D eigenvalue weighted by molar-refractivity contribution is 7.80. The van der Waals surface area contributed by atoms with E-state index in [1.54, 1.807) is 62.4 Å². The molecule has 2 aromatic carbocycles. The second-order valence-electron chi connectivity index (χ2n) is 10.6. The highest BCUT2D eigenvalue weighted by atomic mass is 32.1. The van der Waals surface area contributed by atoms with E-state index in [0.717, 1.165) is 45.7 Å². The van der Waals surface area contributed by atoms with Crippen molar-refractivity contribution in [2.75, 3.05) is 69.2 Å². The Morgan fingerprint density at radius 2 is 1.36 bits per heavy atom. The van der Waals surface area contributed by atoms with Crippen LogP contribution in [0.4, 0.5) is 11.4 Å². The molecule has 2 fully saturated rings. The van der Waals surface area contributed by atoms with Crippen LogP contribution >= 0.6 is 12.2 Å². The van der Waals surface area contributed by atoms with Gasteiger partial charge in [-0.25, -0.2) is 9.59 Å². The molecule has 2 saturated heterocycles. The van der Waals surface area contributed by atoms with E-state index in [4.69, 9.17) is 21.7 Å². The first-order valence-corrected chi connectivity index (χ1v) is 15.6. The molecule has 236 valence electrons. The number of esters is 2. The van der Waals surface area contributed by atoms with Gasteiger partial charge in [-0.3, -0.25) is 14.5 Å². The second kappa shape index (κ2) is 15.7. The smallest absolute Gasteiger partial charge is 0.338 e. The molecule has 0 saturated carbocycles. The summed E-state index contributed by atoms with van der Waals surface area (Å²) in [6.07, 6.45) is 0.674. The number of anilines is 2. The molecule has 2 aliphatic rings. The van der Waals surface area contributed by atoms with Crippen molar-refractivity contribution in [1.82, 2.24) is 14.7 Å². The third-order valence-corrected chi connectivity index (χ3v) is 8.22. The van der Waals surface area contributed by atoms with Gasteiger partial charge < -0.3 is 29.5 Å². The van der Waals surface area contributed by atoms with Crippen LogP contribution in [0.15, 0.2) is 48.5 Å². The third kappa shape index (κ3) is 8.19. The molecule has 0 bridgehead atoms. The van der Waals surface area contributed by atoms with Crippen molar-refractivity contribution in [3.63, 3.8) is 0 Å². The molecule has 4 rings (SSSR count). The monoisotopic (exact) mass is 623 g/mol. The van der Waals surface area contributed by atoms with Crippen LogP contribution in [0, 0.1) is 0 Å². The van der Waals surface area contributed by atoms with Crippen molar-refractivity contribution >= 4 is 52.5 Å². The number of thiocarbonyl (C=S) groups is 1. The van der Waals surface area contributed by atoms with Crippen LogP contribution in [-0.4, -0.2) is 109 Å². The summed E-state index contributed by atoms with van der Waals surface area (Å²) in [5, 5.41) is 3.16. The first-order chi connectivity index (χ1) is 21.2. The van der Waals surface area contributed by atoms with Gasteiger partial charge in [0.2, 0.25) is 5.91 Å². The maximum atomic E-state index is 13.8. The molecule has 11 nitrogen and oxygen atoms in total. The van der Waals surface area contributed by atoms with Gasteiger partial charge in [-0.15, -0.1) is 0 Å². The summed E-state index contributed by atoms with van der Waals surface area (Å²) in [4.78, 5) is 59.2. The normalized spacial score (nSPS) is 17.6. The van der Waals surface area contributed by atoms with Gasteiger partial charge in [0.15, 0.2) is 5.11 Å². The molecule has 2 amide bonds. The van der Waals surface area contributed by atoms with Crippen molar-refractivity contribution < 1.29 is 28.7 Å². The number of piperazine rings is 1. The summed E-state index contributed by atoms with van der Waals surface area (Å²) in [7, 11) is 0. The van der Waals surface area contributed by atoms with E-state index >= 15 is 0 Å². The first kappa shape index (κ1) is 33.0. The number of hydrogen-bond acceptors (Lipinski definition) is 9. The van der Waals surface area contributed by atoms with Crippen molar-refractivity contribution in [3.05, 3.63) is 59.7 Å². The Morgan fingerprint density at radius 3 is 1.91 bits per heavy atom. The van der Waals surface area contributed by atoms with Gasteiger partial charge in [0, 0.05) is 38.4 Å². The standard InChI is InChI=1S/C32H41N5O6S/c1-4-34-18-20-35(21-19-34)16-7-17-36-27(22-28(38)33-25-12-8-23(9-13-25)30(40)42-5-2)29(39)37(32(36)44)26-14-10-24(11-15-26)31(41)43-6-3/h8-15,27H,4-7,16-22H2,1-3H3,(H,33,38). The Morgan fingerprint density at radius 1 is 0.818 bits per heavy atom. The fourth-order valence-electron chi connectivity index (χ4n) is 5.37. The molecule has 0 spiro atoms. The summed E-state index contributed by atoms with van der Waals surface area (Å²) in [6, 6.07) is 12.1. The predicted octanol–water partition coefficient (Wildman–Crippen LogP) is 3.40. The minimum atomic E-state index is -0.789. The fraction of sp³-hybridized carbons (Fsp3) is 0.469. The van der Waals surface area contributed by atoms with Gasteiger partial charge in [0.05, 0.1) is 36.4 Å². The van der Waals surface area contributed by atoms with Crippen molar-refractivity contribution in [1.29, 1.82) is 0 Å². The molecule has 2 aromatic rings. The Hall–Kier alpha value is -3.87. The van der Waals surface area contributed by atoms with E-state index in [2.05, 4.69) is 22.0 Å². The van der Waals surface area contributed by atoms with E-state index in [9.17, 15) is 19.2 Å². The number of nitrogens with one attached hydrogen (secondary N) is 1. The number of ether oxygens (including phenoxy) is 2. The van der Waals surface area contributed by atoms with Crippen molar-refractivity contribution in [2.45, 2.75) is 39.7 Å². The van der Waals surface area contributed by atoms with Crippen LogP contribution in [0.5, 0.6) is 0 Å². The molecule has 0 aromatic heterocycles. The van der Waals surface area contributed by atoms with E-state index in [1.165, 1.54) is 4.90 Å². The number of nitrogens with zero attached hydrogens (tertiary/aromatic N) is 4. The minimum absolute atomic E-state index is 0.106. The van der Waals surface area contributed by atoms with Crippen molar-refractivity contribution in [2.24, 2.45) is 0 Å². The SMILES string of the molecule is CCOC(=O)c1ccc(NC(=O)CC2C(=O)N(c3ccc(C(=O)OCC)cc3)C(=S)N2CCCN2CCN(CC)CC2)cc1. The van der Waals surface area contributed by atoms with E-state index < -0.39 is 18.0 Å². The average molecular weight is 624 g/mol. The lowest BCUT2D eigenvalue weighted by Gasteiger charge is -2.34. The van der Waals surface area contributed by atoms with Gasteiger partial charge in [-0.05, 0) is 94.1 Å². The average Bonchev–Trinajstić information content (AvgIpc) is 3.25. The van der Waals surface area contributed by atoms with Crippen LogP contribution in [0.3, 0.4) is 0 Å². The molecular formula is C32H41N5O6S. The Kier molecular flexibility index (Phi) is 11.8. The summed E-state index contributed by atoms with van der Waals surface area (Å²) in [5.74, 6) is -1.53. The molecule has 1 unspecified atom stereocenters. The number of benzene rings is 2. The summed E-state index contributed by atoms with van der Waals surface area (Å²) in [6.45, 7) is 12.7. The molecule has 12 heteroatoms. The number of likely N-dealkylation sites (N-methyl/N-ethyl adjacent to an activating group) is 1. The second-order valence-corrected chi connectivity index (χ2v) is 11.0. The van der Waals surface area contributed by atoms with Crippen LogP contribution < -0.4 is 10.2 Å². The van der Waals surface area contributed by atoms with E-state index in [-0.39, 0.29) is 31.4 Å². The van der Waals surface area contributed by atoms with Gasteiger partial charge in [-0.2, -0.15) is 0 Å². The lowest BCUT2D eigenvalue weighted by molar-refractivity contribution is -0.124. The molecule has 1 N–H and O–H groups in total. The maximum Gasteiger partial charge on any atom is 0.338 e. The van der Waals surface area contributed by atoms with Crippen LogP contribution in [0.25, 0.3) is 0 Å².